The van der Waals surface area contributed by atoms with Gasteiger partial charge in [-0.2, -0.15) is 0 Å². The Kier molecular flexibility index (Phi) is 6.01. The molecule has 1 aromatic heterocycles. The lowest BCUT2D eigenvalue weighted by Crippen LogP contribution is -2.30. The number of ether oxygens (including phenoxy) is 2. The molecule has 0 bridgehead atoms. The third-order valence-electron chi connectivity index (χ3n) is 3.08. The van der Waals surface area contributed by atoms with Crippen LogP contribution in [0.25, 0.3) is 0 Å². The zero-order valence-electron chi connectivity index (χ0n) is 12.3. The molecule has 1 aliphatic heterocycles. The van der Waals surface area contributed by atoms with E-state index in [0.717, 1.165) is 44.2 Å². The van der Waals surface area contributed by atoms with E-state index in [4.69, 9.17) is 9.47 Å². The van der Waals surface area contributed by atoms with Crippen LogP contribution in [-0.4, -0.2) is 42.4 Å². The molecule has 1 aromatic rings. The van der Waals surface area contributed by atoms with Crippen LogP contribution < -0.4 is 10.6 Å². The molecule has 20 heavy (non-hydrogen) atoms. The number of nitrogens with zero attached hydrogens (tertiary/aromatic N) is 2. The van der Waals surface area contributed by atoms with E-state index in [1.807, 2.05) is 19.9 Å². The first kappa shape index (κ1) is 15.0. The summed E-state index contributed by atoms with van der Waals surface area (Å²) in [5, 5.41) is 6.65. The molecule has 1 unspecified atom stereocenters. The lowest BCUT2D eigenvalue weighted by Gasteiger charge is -2.24. The van der Waals surface area contributed by atoms with Crippen LogP contribution in [0.1, 0.15) is 32.5 Å². The molecule has 112 valence electrons. The van der Waals surface area contributed by atoms with Gasteiger partial charge in [0, 0.05) is 25.8 Å². The average molecular weight is 280 g/mol. The molecule has 0 aliphatic carbocycles. The molecule has 0 spiro atoms. The van der Waals surface area contributed by atoms with Gasteiger partial charge in [0.1, 0.15) is 18.2 Å². The van der Waals surface area contributed by atoms with E-state index in [2.05, 4.69) is 20.6 Å². The molecule has 6 heteroatoms. The number of nitrogens with one attached hydrogen (secondary N) is 2. The highest BCUT2D eigenvalue weighted by Crippen LogP contribution is 2.16. The maximum absolute atomic E-state index is 5.48. The van der Waals surface area contributed by atoms with Crippen LogP contribution in [0.3, 0.4) is 0 Å². The number of hydrogen-bond donors (Lipinski definition) is 2. The van der Waals surface area contributed by atoms with Crippen molar-refractivity contribution in [1.29, 1.82) is 0 Å². The monoisotopic (exact) mass is 280 g/mol. The third kappa shape index (κ3) is 4.61. The summed E-state index contributed by atoms with van der Waals surface area (Å²) in [7, 11) is 0. The first-order valence-corrected chi connectivity index (χ1v) is 7.35. The maximum atomic E-state index is 5.48. The highest BCUT2D eigenvalue weighted by atomic mass is 16.5. The van der Waals surface area contributed by atoms with Crippen molar-refractivity contribution in [2.45, 2.75) is 39.3 Å². The summed E-state index contributed by atoms with van der Waals surface area (Å²) in [6, 6.07) is 2.26. The second-order valence-electron chi connectivity index (χ2n) is 4.78. The second-order valence-corrected chi connectivity index (χ2v) is 4.78. The Morgan fingerprint density at radius 3 is 2.90 bits per heavy atom. The van der Waals surface area contributed by atoms with Crippen LogP contribution in [-0.2, 0) is 16.1 Å². The molecule has 2 heterocycles. The van der Waals surface area contributed by atoms with Crippen LogP contribution in [0.4, 0.5) is 11.6 Å². The van der Waals surface area contributed by atoms with Crippen molar-refractivity contribution in [2.24, 2.45) is 0 Å². The SMILES string of the molecule is CCNc1cc(NC2CCCOC2)nc(COCC)n1. The van der Waals surface area contributed by atoms with E-state index >= 15 is 0 Å². The Morgan fingerprint density at radius 1 is 1.35 bits per heavy atom. The van der Waals surface area contributed by atoms with Gasteiger partial charge in [0.05, 0.1) is 12.6 Å². The van der Waals surface area contributed by atoms with Crippen molar-refractivity contribution < 1.29 is 9.47 Å². The van der Waals surface area contributed by atoms with Crippen molar-refractivity contribution >= 4 is 11.6 Å². The maximum Gasteiger partial charge on any atom is 0.158 e. The van der Waals surface area contributed by atoms with Gasteiger partial charge in [-0.3, -0.25) is 0 Å². The molecular formula is C14H24N4O2. The van der Waals surface area contributed by atoms with Crippen molar-refractivity contribution in [3.05, 3.63) is 11.9 Å². The minimum atomic E-state index is 0.327. The Hall–Kier alpha value is -1.40. The zero-order valence-corrected chi connectivity index (χ0v) is 12.3. The van der Waals surface area contributed by atoms with Crippen molar-refractivity contribution in [2.75, 3.05) is 37.0 Å². The minimum Gasteiger partial charge on any atom is -0.379 e. The predicted molar refractivity (Wildman–Crippen MR) is 79.0 cm³/mol. The highest BCUT2D eigenvalue weighted by Gasteiger charge is 2.15. The quantitative estimate of drug-likeness (QED) is 0.796. The van der Waals surface area contributed by atoms with Crippen LogP contribution in [0.2, 0.25) is 0 Å². The molecule has 1 aliphatic rings. The molecule has 0 aromatic carbocycles. The van der Waals surface area contributed by atoms with Gasteiger partial charge in [-0.25, -0.2) is 9.97 Å². The van der Waals surface area contributed by atoms with E-state index in [-0.39, 0.29) is 0 Å². The van der Waals surface area contributed by atoms with E-state index in [0.29, 0.717) is 25.1 Å². The fourth-order valence-corrected chi connectivity index (χ4v) is 2.16. The summed E-state index contributed by atoms with van der Waals surface area (Å²) in [5.74, 6) is 2.36. The van der Waals surface area contributed by atoms with Crippen LogP contribution in [0, 0.1) is 0 Å². The first-order chi connectivity index (χ1) is 9.81. The summed E-state index contributed by atoms with van der Waals surface area (Å²) in [6.45, 7) is 7.54. The zero-order chi connectivity index (χ0) is 14.2. The number of aromatic nitrogens is 2. The predicted octanol–water partition coefficient (Wildman–Crippen LogP) is 2.04. The van der Waals surface area contributed by atoms with E-state index in [1.165, 1.54) is 0 Å². The molecule has 2 rings (SSSR count). The van der Waals surface area contributed by atoms with E-state index in [1.54, 1.807) is 0 Å². The molecule has 1 atom stereocenters. The summed E-state index contributed by atoms with van der Waals surface area (Å²) < 4.78 is 10.9. The molecule has 2 N–H and O–H groups in total. The van der Waals surface area contributed by atoms with Crippen molar-refractivity contribution in [3.8, 4) is 0 Å². The summed E-state index contributed by atoms with van der Waals surface area (Å²) in [4.78, 5) is 8.94. The molecule has 0 amide bonds. The molecular weight excluding hydrogens is 256 g/mol. The molecule has 1 saturated heterocycles. The lowest BCUT2D eigenvalue weighted by atomic mass is 10.1. The Bertz CT molecular complexity index is 408. The number of rotatable bonds is 7. The van der Waals surface area contributed by atoms with Crippen LogP contribution in [0.15, 0.2) is 6.07 Å². The Balaban J connectivity index is 2.06. The minimum absolute atomic E-state index is 0.327. The standard InChI is InChI=1S/C14H24N4O2/c1-3-15-12-8-13(16-11-6-5-7-20-9-11)18-14(17-12)10-19-4-2/h8,11H,3-7,9-10H2,1-2H3,(H2,15,16,17,18). The van der Waals surface area contributed by atoms with Gasteiger partial charge in [0.25, 0.3) is 0 Å². The smallest absolute Gasteiger partial charge is 0.158 e. The van der Waals surface area contributed by atoms with Crippen molar-refractivity contribution in [3.63, 3.8) is 0 Å². The largest absolute Gasteiger partial charge is 0.379 e. The van der Waals surface area contributed by atoms with Gasteiger partial charge in [0.15, 0.2) is 5.82 Å². The van der Waals surface area contributed by atoms with Gasteiger partial charge < -0.3 is 20.1 Å². The fraction of sp³-hybridized carbons (Fsp3) is 0.714. The first-order valence-electron chi connectivity index (χ1n) is 7.35. The van der Waals surface area contributed by atoms with E-state index in [9.17, 15) is 0 Å². The second kappa shape index (κ2) is 8.01. The molecule has 0 radical (unpaired) electrons. The summed E-state index contributed by atoms with van der Waals surface area (Å²) in [5.41, 5.74) is 0. The van der Waals surface area contributed by atoms with Crippen molar-refractivity contribution in [1.82, 2.24) is 9.97 Å². The summed E-state index contributed by atoms with van der Waals surface area (Å²) in [6.07, 6.45) is 2.20. The molecule has 6 nitrogen and oxygen atoms in total. The Labute approximate surface area is 120 Å². The summed E-state index contributed by atoms with van der Waals surface area (Å²) >= 11 is 0. The van der Waals surface area contributed by atoms with E-state index < -0.39 is 0 Å². The van der Waals surface area contributed by atoms with Crippen LogP contribution in [0.5, 0.6) is 0 Å². The Morgan fingerprint density at radius 2 is 2.20 bits per heavy atom. The topological polar surface area (TPSA) is 68.3 Å². The lowest BCUT2D eigenvalue weighted by molar-refractivity contribution is 0.0874. The number of anilines is 2. The van der Waals surface area contributed by atoms with Gasteiger partial charge in [0.2, 0.25) is 0 Å². The van der Waals surface area contributed by atoms with Gasteiger partial charge in [-0.1, -0.05) is 0 Å². The normalized spacial score (nSPS) is 18.8. The number of hydrogen-bond acceptors (Lipinski definition) is 6. The third-order valence-corrected chi connectivity index (χ3v) is 3.08. The molecule has 0 saturated carbocycles. The fourth-order valence-electron chi connectivity index (χ4n) is 2.16. The molecule has 1 fully saturated rings. The van der Waals surface area contributed by atoms with Crippen LogP contribution >= 0.6 is 0 Å². The van der Waals surface area contributed by atoms with Gasteiger partial charge >= 0.3 is 0 Å². The van der Waals surface area contributed by atoms with Gasteiger partial charge in [-0.15, -0.1) is 0 Å². The average Bonchev–Trinajstić information content (AvgIpc) is 2.46. The van der Waals surface area contributed by atoms with Gasteiger partial charge in [-0.05, 0) is 26.7 Å². The highest BCUT2D eigenvalue weighted by molar-refractivity contribution is 5.48.